The Kier molecular flexibility index (Phi) is 2.88. The molecule has 0 saturated carbocycles. The van der Waals surface area contributed by atoms with Crippen molar-refractivity contribution < 1.29 is 9.53 Å². The van der Waals surface area contributed by atoms with E-state index in [-0.39, 0.29) is 0 Å². The number of hydrogen-bond donors (Lipinski definition) is 0. The van der Waals surface area contributed by atoms with Gasteiger partial charge in [-0.3, -0.25) is 9.69 Å². The maximum absolute atomic E-state index is 11.4. The lowest BCUT2D eigenvalue weighted by Crippen LogP contribution is -2.49. The average Bonchev–Trinajstić information content (AvgIpc) is 2.39. The molecule has 0 N–H and O–H groups in total. The Morgan fingerprint density at radius 1 is 1.43 bits per heavy atom. The standard InChI is InChI=1S/C11H19NO2/c1-8(7-14-2)12-9-3-4-10(12)6-11(13)5-9/h8-10H,3-7H2,1-2H3. The normalized spacial score (nSPS) is 34.9. The molecule has 2 heterocycles. The summed E-state index contributed by atoms with van der Waals surface area (Å²) in [6.45, 7) is 2.98. The number of fused-ring (bicyclic) bond motifs is 2. The molecule has 3 heteroatoms. The molecule has 14 heavy (non-hydrogen) atoms. The third-order valence-electron chi connectivity index (χ3n) is 3.52. The van der Waals surface area contributed by atoms with E-state index in [0.717, 1.165) is 19.4 Å². The summed E-state index contributed by atoms with van der Waals surface area (Å²) in [7, 11) is 1.74. The van der Waals surface area contributed by atoms with Gasteiger partial charge in [-0.2, -0.15) is 0 Å². The molecule has 0 spiro atoms. The highest BCUT2D eigenvalue weighted by Crippen LogP contribution is 2.35. The Bertz CT molecular complexity index is 213. The smallest absolute Gasteiger partial charge is 0.136 e. The first-order chi connectivity index (χ1) is 6.72. The van der Waals surface area contributed by atoms with Crippen LogP contribution in [0.15, 0.2) is 0 Å². The number of piperidine rings is 1. The van der Waals surface area contributed by atoms with Crippen LogP contribution in [0.2, 0.25) is 0 Å². The third kappa shape index (κ3) is 1.71. The molecule has 3 atom stereocenters. The minimum atomic E-state index is 0.457. The fraction of sp³-hybridized carbons (Fsp3) is 0.909. The molecule has 2 bridgehead atoms. The first kappa shape index (κ1) is 10.1. The zero-order chi connectivity index (χ0) is 10.1. The van der Waals surface area contributed by atoms with Crippen molar-refractivity contribution in [3.63, 3.8) is 0 Å². The van der Waals surface area contributed by atoms with Gasteiger partial charge in [0.25, 0.3) is 0 Å². The topological polar surface area (TPSA) is 29.5 Å². The lowest BCUT2D eigenvalue weighted by molar-refractivity contribution is -0.124. The van der Waals surface area contributed by atoms with Crippen LogP contribution in [0.25, 0.3) is 0 Å². The number of rotatable bonds is 3. The highest BCUT2D eigenvalue weighted by atomic mass is 16.5. The van der Waals surface area contributed by atoms with Gasteiger partial charge in [-0.05, 0) is 19.8 Å². The fourth-order valence-electron chi connectivity index (χ4n) is 3.05. The Morgan fingerprint density at radius 3 is 2.50 bits per heavy atom. The van der Waals surface area contributed by atoms with E-state index < -0.39 is 0 Å². The predicted octanol–water partition coefficient (Wildman–Crippen LogP) is 1.22. The van der Waals surface area contributed by atoms with Crippen LogP contribution in [0.4, 0.5) is 0 Å². The average molecular weight is 197 g/mol. The van der Waals surface area contributed by atoms with Crippen molar-refractivity contribution >= 4 is 5.78 Å². The fourth-order valence-corrected chi connectivity index (χ4v) is 3.05. The van der Waals surface area contributed by atoms with Crippen molar-refractivity contribution in [3.8, 4) is 0 Å². The highest BCUT2D eigenvalue weighted by molar-refractivity contribution is 5.81. The minimum Gasteiger partial charge on any atom is -0.383 e. The van der Waals surface area contributed by atoms with E-state index >= 15 is 0 Å². The van der Waals surface area contributed by atoms with Crippen molar-refractivity contribution in [3.05, 3.63) is 0 Å². The van der Waals surface area contributed by atoms with Crippen LogP contribution >= 0.6 is 0 Å². The van der Waals surface area contributed by atoms with Crippen molar-refractivity contribution in [1.82, 2.24) is 4.90 Å². The lowest BCUT2D eigenvalue weighted by Gasteiger charge is -2.38. The Morgan fingerprint density at radius 2 is 2.00 bits per heavy atom. The van der Waals surface area contributed by atoms with E-state index in [4.69, 9.17) is 4.74 Å². The summed E-state index contributed by atoms with van der Waals surface area (Å²) in [5.41, 5.74) is 0. The molecule has 3 unspecified atom stereocenters. The molecular formula is C11H19NO2. The summed E-state index contributed by atoms with van der Waals surface area (Å²) < 4.78 is 5.18. The van der Waals surface area contributed by atoms with Gasteiger partial charge >= 0.3 is 0 Å². The Balaban J connectivity index is 2.03. The molecular weight excluding hydrogens is 178 g/mol. The summed E-state index contributed by atoms with van der Waals surface area (Å²) in [5, 5.41) is 0. The number of ether oxygens (including phenoxy) is 1. The van der Waals surface area contributed by atoms with Gasteiger partial charge in [0.2, 0.25) is 0 Å². The van der Waals surface area contributed by atoms with Crippen LogP contribution < -0.4 is 0 Å². The van der Waals surface area contributed by atoms with Crippen LogP contribution in [0.5, 0.6) is 0 Å². The van der Waals surface area contributed by atoms with Crippen molar-refractivity contribution in [2.45, 2.75) is 50.7 Å². The zero-order valence-electron chi connectivity index (χ0n) is 9.03. The van der Waals surface area contributed by atoms with E-state index in [1.807, 2.05) is 0 Å². The summed E-state index contributed by atoms with van der Waals surface area (Å²) in [5.74, 6) is 0.457. The van der Waals surface area contributed by atoms with Crippen LogP contribution in [-0.2, 0) is 9.53 Å². The Labute approximate surface area is 85.4 Å². The van der Waals surface area contributed by atoms with Gasteiger partial charge in [0.1, 0.15) is 5.78 Å². The third-order valence-corrected chi connectivity index (χ3v) is 3.52. The molecule has 80 valence electrons. The second kappa shape index (κ2) is 3.99. The molecule has 2 fully saturated rings. The molecule has 2 rings (SSSR count). The highest BCUT2D eigenvalue weighted by Gasteiger charge is 2.41. The molecule has 0 radical (unpaired) electrons. The monoisotopic (exact) mass is 197 g/mol. The largest absolute Gasteiger partial charge is 0.383 e. The number of hydrogen-bond acceptors (Lipinski definition) is 3. The van der Waals surface area contributed by atoms with Gasteiger partial charge in [-0.1, -0.05) is 0 Å². The van der Waals surface area contributed by atoms with E-state index in [9.17, 15) is 4.79 Å². The van der Waals surface area contributed by atoms with Crippen LogP contribution in [0, 0.1) is 0 Å². The van der Waals surface area contributed by atoms with Crippen molar-refractivity contribution in [2.75, 3.05) is 13.7 Å². The predicted molar refractivity (Wildman–Crippen MR) is 54.2 cm³/mol. The van der Waals surface area contributed by atoms with Crippen molar-refractivity contribution in [1.29, 1.82) is 0 Å². The second-order valence-corrected chi connectivity index (χ2v) is 4.58. The minimum absolute atomic E-state index is 0.457. The first-order valence-electron chi connectivity index (χ1n) is 5.50. The maximum atomic E-state index is 11.4. The number of methoxy groups -OCH3 is 1. The molecule has 0 aromatic carbocycles. The molecule has 0 aromatic heterocycles. The molecule has 0 aromatic rings. The number of carbonyl (C=O) groups is 1. The van der Waals surface area contributed by atoms with Gasteiger partial charge in [-0.15, -0.1) is 0 Å². The summed E-state index contributed by atoms with van der Waals surface area (Å²) in [4.78, 5) is 13.9. The summed E-state index contributed by atoms with van der Waals surface area (Å²) in [6, 6.07) is 1.48. The quantitative estimate of drug-likeness (QED) is 0.681. The van der Waals surface area contributed by atoms with Crippen LogP contribution in [0.1, 0.15) is 32.6 Å². The van der Waals surface area contributed by atoms with Crippen LogP contribution in [0.3, 0.4) is 0 Å². The molecule has 2 aliphatic heterocycles. The van der Waals surface area contributed by atoms with Crippen molar-refractivity contribution in [2.24, 2.45) is 0 Å². The number of Topliss-reactive ketones (excluding diaryl/α,β-unsaturated/α-hetero) is 1. The summed E-state index contributed by atoms with van der Waals surface area (Å²) in [6.07, 6.45) is 3.93. The van der Waals surface area contributed by atoms with E-state index in [0.29, 0.717) is 23.9 Å². The molecule has 3 nitrogen and oxygen atoms in total. The SMILES string of the molecule is COCC(C)N1C2CCC1CC(=O)C2. The molecule has 2 aliphatic rings. The van der Waals surface area contributed by atoms with Gasteiger partial charge in [0.15, 0.2) is 0 Å². The summed E-state index contributed by atoms with van der Waals surface area (Å²) >= 11 is 0. The van der Waals surface area contributed by atoms with Crippen LogP contribution in [-0.4, -0.2) is 42.5 Å². The second-order valence-electron chi connectivity index (χ2n) is 4.58. The first-order valence-corrected chi connectivity index (χ1v) is 5.50. The van der Waals surface area contributed by atoms with Gasteiger partial charge < -0.3 is 4.74 Å². The number of nitrogens with zero attached hydrogens (tertiary/aromatic N) is 1. The maximum Gasteiger partial charge on any atom is 0.136 e. The van der Waals surface area contributed by atoms with Gasteiger partial charge in [0, 0.05) is 38.1 Å². The van der Waals surface area contributed by atoms with E-state index in [2.05, 4.69) is 11.8 Å². The van der Waals surface area contributed by atoms with Gasteiger partial charge in [-0.25, -0.2) is 0 Å². The lowest BCUT2D eigenvalue weighted by atomic mass is 9.99. The van der Waals surface area contributed by atoms with Gasteiger partial charge in [0.05, 0.1) is 6.61 Å². The van der Waals surface area contributed by atoms with E-state index in [1.54, 1.807) is 7.11 Å². The zero-order valence-corrected chi connectivity index (χ0v) is 9.03. The number of ketones is 1. The molecule has 0 aliphatic carbocycles. The molecule has 0 amide bonds. The Hall–Kier alpha value is -0.410. The van der Waals surface area contributed by atoms with E-state index in [1.165, 1.54) is 12.8 Å². The molecule has 2 saturated heterocycles. The number of carbonyl (C=O) groups excluding carboxylic acids is 1.